The van der Waals surface area contributed by atoms with Crippen molar-refractivity contribution in [1.82, 2.24) is 9.55 Å². The zero-order valence-corrected chi connectivity index (χ0v) is 13.4. The van der Waals surface area contributed by atoms with Crippen molar-refractivity contribution in [1.29, 1.82) is 0 Å². The topological polar surface area (TPSA) is 42.3 Å². The summed E-state index contributed by atoms with van der Waals surface area (Å²) < 4.78 is 7.72. The van der Waals surface area contributed by atoms with E-state index in [0.29, 0.717) is 0 Å². The van der Waals surface area contributed by atoms with E-state index in [2.05, 4.69) is 14.9 Å². The molecule has 0 bridgehead atoms. The molecule has 0 aliphatic rings. The summed E-state index contributed by atoms with van der Waals surface area (Å²) in [6.07, 6.45) is 2.10. The van der Waals surface area contributed by atoms with Crippen molar-refractivity contribution >= 4 is 11.6 Å². The van der Waals surface area contributed by atoms with Gasteiger partial charge in [0, 0.05) is 26.8 Å². The minimum Gasteiger partial charge on any atom is -0.491 e. The maximum Gasteiger partial charge on any atom is 0.204 e. The van der Waals surface area contributed by atoms with Gasteiger partial charge in [-0.25, -0.2) is 4.98 Å². The molecule has 1 aromatic heterocycles. The van der Waals surface area contributed by atoms with Crippen LogP contribution in [-0.4, -0.2) is 29.8 Å². The Morgan fingerprint density at radius 3 is 2.43 bits per heavy atom. The lowest BCUT2D eigenvalue weighted by atomic mass is 10.3. The minimum atomic E-state index is 0.197. The number of hydrogen-bond acceptors (Lipinski definition) is 4. The first kappa shape index (κ1) is 15.2. The van der Waals surface area contributed by atoms with Crippen LogP contribution in [0.25, 0.3) is 0 Å². The highest BCUT2D eigenvalue weighted by Crippen LogP contribution is 2.18. The smallest absolute Gasteiger partial charge is 0.204 e. The Labute approximate surface area is 126 Å². The zero-order chi connectivity index (χ0) is 15.4. The highest BCUT2D eigenvalue weighted by Gasteiger charge is 2.07. The quantitative estimate of drug-likeness (QED) is 0.887. The van der Waals surface area contributed by atoms with E-state index in [1.807, 2.05) is 70.4 Å². The van der Waals surface area contributed by atoms with E-state index in [0.717, 1.165) is 29.6 Å². The molecular formula is C16H24N4O. The van der Waals surface area contributed by atoms with Crippen LogP contribution < -0.4 is 15.0 Å². The summed E-state index contributed by atoms with van der Waals surface area (Å²) in [7, 11) is 6.01. The van der Waals surface area contributed by atoms with Crippen molar-refractivity contribution in [2.75, 3.05) is 24.3 Å². The standard InChI is InChI=1S/C16H24N4O/c1-12(2)21-15-8-6-13(7-9-15)17-10-14-11-18-16(19(3)4)20(14)5/h6-9,11-12,17H,10H2,1-5H3. The van der Waals surface area contributed by atoms with Gasteiger partial charge >= 0.3 is 0 Å². The van der Waals surface area contributed by atoms with Crippen LogP contribution in [0, 0.1) is 0 Å². The second kappa shape index (κ2) is 6.52. The molecule has 0 fully saturated rings. The Hall–Kier alpha value is -2.17. The van der Waals surface area contributed by atoms with Gasteiger partial charge in [-0.15, -0.1) is 0 Å². The number of anilines is 2. The summed E-state index contributed by atoms with van der Waals surface area (Å²) in [6.45, 7) is 4.79. The molecule has 0 spiro atoms. The van der Waals surface area contributed by atoms with Crippen molar-refractivity contribution in [3.8, 4) is 5.75 Å². The molecule has 2 aromatic rings. The SMILES string of the molecule is CC(C)Oc1ccc(NCc2cnc(N(C)C)n2C)cc1. The molecule has 0 amide bonds. The van der Waals surface area contributed by atoms with Crippen LogP contribution in [0.5, 0.6) is 5.75 Å². The van der Waals surface area contributed by atoms with Gasteiger partial charge in [0.25, 0.3) is 0 Å². The summed E-state index contributed by atoms with van der Waals surface area (Å²) in [5, 5.41) is 3.40. The predicted octanol–water partition coefficient (Wildman–Crippen LogP) is 2.89. The van der Waals surface area contributed by atoms with E-state index < -0.39 is 0 Å². The molecule has 5 nitrogen and oxygen atoms in total. The van der Waals surface area contributed by atoms with E-state index in [9.17, 15) is 0 Å². The van der Waals surface area contributed by atoms with Crippen LogP contribution in [0.4, 0.5) is 11.6 Å². The van der Waals surface area contributed by atoms with E-state index in [1.54, 1.807) is 0 Å². The lowest BCUT2D eigenvalue weighted by Crippen LogP contribution is -2.15. The molecule has 1 aromatic carbocycles. The fourth-order valence-electron chi connectivity index (χ4n) is 2.13. The molecule has 0 radical (unpaired) electrons. The minimum absolute atomic E-state index is 0.197. The van der Waals surface area contributed by atoms with Gasteiger partial charge in [0.1, 0.15) is 5.75 Å². The molecule has 0 saturated carbocycles. The third-order valence-corrected chi connectivity index (χ3v) is 3.16. The molecule has 0 atom stereocenters. The molecule has 5 heteroatoms. The van der Waals surface area contributed by atoms with Crippen molar-refractivity contribution in [2.45, 2.75) is 26.5 Å². The summed E-state index contributed by atoms with van der Waals surface area (Å²) in [5.41, 5.74) is 2.21. The lowest BCUT2D eigenvalue weighted by Gasteiger charge is -2.13. The molecule has 1 N–H and O–H groups in total. The van der Waals surface area contributed by atoms with Crippen LogP contribution in [-0.2, 0) is 13.6 Å². The van der Waals surface area contributed by atoms with Gasteiger partial charge < -0.3 is 19.5 Å². The number of imidazole rings is 1. The predicted molar refractivity (Wildman–Crippen MR) is 87.1 cm³/mol. The first-order chi connectivity index (χ1) is 9.97. The zero-order valence-electron chi connectivity index (χ0n) is 13.4. The molecule has 114 valence electrons. The van der Waals surface area contributed by atoms with E-state index in [-0.39, 0.29) is 6.10 Å². The summed E-state index contributed by atoms with van der Waals surface area (Å²) >= 11 is 0. The third-order valence-electron chi connectivity index (χ3n) is 3.16. The number of benzene rings is 1. The van der Waals surface area contributed by atoms with E-state index in [4.69, 9.17) is 4.74 Å². The molecular weight excluding hydrogens is 264 g/mol. The number of ether oxygens (including phenoxy) is 1. The fourth-order valence-corrected chi connectivity index (χ4v) is 2.13. The second-order valence-corrected chi connectivity index (χ2v) is 5.55. The van der Waals surface area contributed by atoms with Crippen molar-refractivity contribution < 1.29 is 4.74 Å². The number of rotatable bonds is 6. The average molecular weight is 288 g/mol. The highest BCUT2D eigenvalue weighted by atomic mass is 16.5. The van der Waals surface area contributed by atoms with Gasteiger partial charge in [0.2, 0.25) is 5.95 Å². The van der Waals surface area contributed by atoms with Crippen LogP contribution in [0.1, 0.15) is 19.5 Å². The number of nitrogens with zero attached hydrogens (tertiary/aromatic N) is 3. The Morgan fingerprint density at radius 1 is 1.24 bits per heavy atom. The average Bonchev–Trinajstić information content (AvgIpc) is 2.79. The first-order valence-electron chi connectivity index (χ1n) is 7.16. The van der Waals surface area contributed by atoms with Crippen LogP contribution in [0.15, 0.2) is 30.5 Å². The second-order valence-electron chi connectivity index (χ2n) is 5.55. The molecule has 0 unspecified atom stereocenters. The molecule has 0 aliphatic carbocycles. The maximum absolute atomic E-state index is 5.63. The number of nitrogens with one attached hydrogen (secondary N) is 1. The van der Waals surface area contributed by atoms with Crippen LogP contribution in [0.2, 0.25) is 0 Å². The van der Waals surface area contributed by atoms with Gasteiger partial charge in [-0.05, 0) is 38.1 Å². The summed E-state index contributed by atoms with van der Waals surface area (Å²) in [5.74, 6) is 1.85. The van der Waals surface area contributed by atoms with Crippen molar-refractivity contribution in [3.63, 3.8) is 0 Å². The summed E-state index contributed by atoms with van der Waals surface area (Å²) in [6, 6.07) is 8.02. The van der Waals surface area contributed by atoms with Gasteiger partial charge in [0.15, 0.2) is 0 Å². The first-order valence-corrected chi connectivity index (χ1v) is 7.16. The Bertz CT molecular complexity index is 572. The Morgan fingerprint density at radius 2 is 1.90 bits per heavy atom. The normalized spacial score (nSPS) is 10.8. The van der Waals surface area contributed by atoms with Gasteiger partial charge in [-0.3, -0.25) is 0 Å². The van der Waals surface area contributed by atoms with E-state index >= 15 is 0 Å². The highest BCUT2D eigenvalue weighted by molar-refractivity contribution is 5.46. The third kappa shape index (κ3) is 3.90. The largest absolute Gasteiger partial charge is 0.491 e. The van der Waals surface area contributed by atoms with Crippen molar-refractivity contribution in [3.05, 3.63) is 36.2 Å². The van der Waals surface area contributed by atoms with Crippen LogP contribution in [0.3, 0.4) is 0 Å². The Kier molecular flexibility index (Phi) is 4.73. The molecule has 1 heterocycles. The number of hydrogen-bond donors (Lipinski definition) is 1. The molecule has 2 rings (SSSR count). The number of aromatic nitrogens is 2. The van der Waals surface area contributed by atoms with Gasteiger partial charge in [-0.1, -0.05) is 0 Å². The fraction of sp³-hybridized carbons (Fsp3) is 0.438. The van der Waals surface area contributed by atoms with Gasteiger partial charge in [0.05, 0.1) is 24.5 Å². The van der Waals surface area contributed by atoms with E-state index in [1.165, 1.54) is 0 Å². The maximum atomic E-state index is 5.63. The lowest BCUT2D eigenvalue weighted by molar-refractivity contribution is 0.242. The molecule has 0 aliphatic heterocycles. The Balaban J connectivity index is 1.97. The van der Waals surface area contributed by atoms with Crippen molar-refractivity contribution in [2.24, 2.45) is 7.05 Å². The molecule has 0 saturated heterocycles. The van der Waals surface area contributed by atoms with Crippen LogP contribution >= 0.6 is 0 Å². The monoisotopic (exact) mass is 288 g/mol. The molecule has 21 heavy (non-hydrogen) atoms. The summed E-state index contributed by atoms with van der Waals surface area (Å²) in [4.78, 5) is 6.40. The van der Waals surface area contributed by atoms with Gasteiger partial charge in [-0.2, -0.15) is 0 Å².